The van der Waals surface area contributed by atoms with Crippen LogP contribution in [0.15, 0.2) is 22.7 Å². The van der Waals surface area contributed by atoms with Gasteiger partial charge in [-0.1, -0.05) is 28.1 Å². The van der Waals surface area contributed by atoms with Crippen molar-refractivity contribution in [1.29, 1.82) is 0 Å². The van der Waals surface area contributed by atoms with Crippen molar-refractivity contribution in [2.75, 3.05) is 6.61 Å². The molecule has 2 rings (SSSR count). The summed E-state index contributed by atoms with van der Waals surface area (Å²) in [7, 11) is 0. The molecule has 1 aliphatic rings. The second-order valence-electron chi connectivity index (χ2n) is 6.30. The van der Waals surface area contributed by atoms with E-state index in [0.29, 0.717) is 12.8 Å². The summed E-state index contributed by atoms with van der Waals surface area (Å²) in [5.41, 5.74) is 1.06. The van der Waals surface area contributed by atoms with Crippen molar-refractivity contribution in [1.82, 2.24) is 5.32 Å². The van der Waals surface area contributed by atoms with Crippen molar-refractivity contribution in [2.24, 2.45) is 0 Å². The Bertz CT molecular complexity index is 524. The molecule has 0 radical (unpaired) electrons. The van der Waals surface area contributed by atoms with Gasteiger partial charge in [0, 0.05) is 4.47 Å². The minimum Gasteiger partial charge on any atom is -0.444 e. The summed E-state index contributed by atoms with van der Waals surface area (Å²) in [5, 5.41) is 12.6. The topological polar surface area (TPSA) is 58.6 Å². The SMILES string of the molecule is CC(C)(C)OC(=O)NC1(CO)Cc2cccc(Br)c2C1. The van der Waals surface area contributed by atoms with Gasteiger partial charge in [-0.15, -0.1) is 0 Å². The molecule has 4 nitrogen and oxygen atoms in total. The van der Waals surface area contributed by atoms with Gasteiger partial charge in [0.1, 0.15) is 5.60 Å². The standard InChI is InChI=1S/C15H20BrNO3/c1-14(2,3)20-13(19)17-15(9-18)7-10-5-4-6-12(16)11(10)8-15/h4-6,18H,7-9H2,1-3H3,(H,17,19). The lowest BCUT2D eigenvalue weighted by Crippen LogP contribution is -2.53. The Kier molecular flexibility index (Phi) is 4.12. The first-order valence-electron chi connectivity index (χ1n) is 6.63. The molecule has 1 atom stereocenters. The number of aliphatic hydroxyl groups excluding tert-OH is 1. The van der Waals surface area contributed by atoms with Gasteiger partial charge < -0.3 is 15.2 Å². The molecule has 0 spiro atoms. The van der Waals surface area contributed by atoms with Gasteiger partial charge in [0.05, 0.1) is 12.1 Å². The Morgan fingerprint density at radius 1 is 1.45 bits per heavy atom. The van der Waals surface area contributed by atoms with Crippen molar-refractivity contribution in [3.63, 3.8) is 0 Å². The van der Waals surface area contributed by atoms with Crippen LogP contribution in [-0.2, 0) is 17.6 Å². The molecule has 0 heterocycles. The Hall–Kier alpha value is -1.07. The van der Waals surface area contributed by atoms with Gasteiger partial charge in [-0.2, -0.15) is 0 Å². The molecule has 2 N–H and O–H groups in total. The number of aliphatic hydroxyl groups is 1. The fourth-order valence-electron chi connectivity index (χ4n) is 2.49. The maximum absolute atomic E-state index is 12.0. The third kappa shape index (κ3) is 3.33. The van der Waals surface area contributed by atoms with Crippen LogP contribution in [0.1, 0.15) is 31.9 Å². The van der Waals surface area contributed by atoms with E-state index in [2.05, 4.69) is 21.2 Å². The van der Waals surface area contributed by atoms with Crippen molar-refractivity contribution in [2.45, 2.75) is 44.8 Å². The fraction of sp³-hybridized carbons (Fsp3) is 0.533. The lowest BCUT2D eigenvalue weighted by molar-refractivity contribution is 0.0407. The van der Waals surface area contributed by atoms with Gasteiger partial charge in [0.15, 0.2) is 0 Å². The minimum absolute atomic E-state index is 0.118. The number of carbonyl (C=O) groups is 1. The third-order valence-electron chi connectivity index (χ3n) is 3.33. The normalized spacial score (nSPS) is 21.4. The number of hydrogen-bond acceptors (Lipinski definition) is 3. The van der Waals surface area contributed by atoms with Crippen LogP contribution in [0.25, 0.3) is 0 Å². The average Bonchev–Trinajstić information content (AvgIpc) is 2.67. The van der Waals surface area contributed by atoms with Crippen LogP contribution in [0.4, 0.5) is 4.79 Å². The Labute approximate surface area is 127 Å². The predicted molar refractivity (Wildman–Crippen MR) is 80.7 cm³/mol. The highest BCUT2D eigenvalue weighted by atomic mass is 79.9. The van der Waals surface area contributed by atoms with E-state index >= 15 is 0 Å². The summed E-state index contributed by atoms with van der Waals surface area (Å²) in [6.07, 6.45) is 0.715. The van der Waals surface area contributed by atoms with E-state index in [1.807, 2.05) is 39.0 Å². The molecule has 1 unspecified atom stereocenters. The summed E-state index contributed by atoms with van der Waals surface area (Å²) >= 11 is 3.52. The maximum atomic E-state index is 12.0. The van der Waals surface area contributed by atoms with E-state index in [0.717, 1.165) is 15.6 Å². The van der Waals surface area contributed by atoms with E-state index in [4.69, 9.17) is 4.74 Å². The molecule has 20 heavy (non-hydrogen) atoms. The molecule has 0 saturated heterocycles. The molecule has 0 fully saturated rings. The molecule has 1 amide bonds. The van der Waals surface area contributed by atoms with E-state index < -0.39 is 17.2 Å². The molecular weight excluding hydrogens is 322 g/mol. The monoisotopic (exact) mass is 341 g/mol. The van der Waals surface area contributed by atoms with E-state index in [9.17, 15) is 9.90 Å². The molecule has 1 aromatic carbocycles. The van der Waals surface area contributed by atoms with Gasteiger partial charge in [0.2, 0.25) is 0 Å². The summed E-state index contributed by atoms with van der Waals surface area (Å²) in [4.78, 5) is 12.0. The van der Waals surface area contributed by atoms with Gasteiger partial charge in [-0.05, 0) is 50.8 Å². The van der Waals surface area contributed by atoms with Crippen LogP contribution in [0.3, 0.4) is 0 Å². The molecule has 1 aromatic rings. The average molecular weight is 342 g/mol. The summed E-state index contributed by atoms with van der Waals surface area (Å²) in [6, 6.07) is 5.96. The van der Waals surface area contributed by atoms with Crippen LogP contribution in [-0.4, -0.2) is 28.9 Å². The second-order valence-corrected chi connectivity index (χ2v) is 7.15. The predicted octanol–water partition coefficient (Wildman–Crippen LogP) is 2.80. The lowest BCUT2D eigenvalue weighted by Gasteiger charge is -2.30. The summed E-state index contributed by atoms with van der Waals surface area (Å²) in [6.45, 7) is 5.34. The molecule has 0 aliphatic heterocycles. The summed E-state index contributed by atoms with van der Waals surface area (Å²) < 4.78 is 6.29. The molecule has 0 bridgehead atoms. The number of fused-ring (bicyclic) bond motifs is 1. The highest BCUT2D eigenvalue weighted by Crippen LogP contribution is 2.34. The Morgan fingerprint density at radius 3 is 2.70 bits per heavy atom. The Morgan fingerprint density at radius 2 is 2.15 bits per heavy atom. The van der Waals surface area contributed by atoms with E-state index in [1.165, 1.54) is 0 Å². The van der Waals surface area contributed by atoms with Crippen LogP contribution in [0.2, 0.25) is 0 Å². The zero-order valence-electron chi connectivity index (χ0n) is 12.0. The molecular formula is C15H20BrNO3. The lowest BCUT2D eigenvalue weighted by atomic mass is 9.97. The fourth-order valence-corrected chi connectivity index (χ4v) is 3.04. The largest absolute Gasteiger partial charge is 0.444 e. The number of ether oxygens (including phenoxy) is 1. The van der Waals surface area contributed by atoms with Crippen molar-refractivity contribution < 1.29 is 14.6 Å². The van der Waals surface area contributed by atoms with Gasteiger partial charge in [0.25, 0.3) is 0 Å². The second kappa shape index (κ2) is 5.37. The van der Waals surface area contributed by atoms with Crippen molar-refractivity contribution in [3.8, 4) is 0 Å². The van der Waals surface area contributed by atoms with Gasteiger partial charge in [-0.25, -0.2) is 4.79 Å². The maximum Gasteiger partial charge on any atom is 0.408 e. The molecule has 110 valence electrons. The molecule has 0 aromatic heterocycles. The highest BCUT2D eigenvalue weighted by molar-refractivity contribution is 9.10. The van der Waals surface area contributed by atoms with Crippen LogP contribution < -0.4 is 5.32 Å². The van der Waals surface area contributed by atoms with E-state index in [-0.39, 0.29) is 6.61 Å². The van der Waals surface area contributed by atoms with Crippen molar-refractivity contribution in [3.05, 3.63) is 33.8 Å². The number of benzene rings is 1. The number of alkyl carbamates (subject to hydrolysis) is 1. The third-order valence-corrected chi connectivity index (χ3v) is 4.07. The molecule has 1 aliphatic carbocycles. The number of carbonyl (C=O) groups excluding carboxylic acids is 1. The Balaban J connectivity index is 2.14. The quantitative estimate of drug-likeness (QED) is 0.869. The number of nitrogens with one attached hydrogen (secondary N) is 1. The number of rotatable bonds is 2. The van der Waals surface area contributed by atoms with E-state index in [1.54, 1.807) is 0 Å². The first kappa shape index (κ1) is 15.3. The first-order valence-corrected chi connectivity index (χ1v) is 7.42. The molecule has 5 heteroatoms. The minimum atomic E-state index is -0.672. The van der Waals surface area contributed by atoms with Crippen molar-refractivity contribution >= 4 is 22.0 Å². The van der Waals surface area contributed by atoms with Crippen LogP contribution in [0, 0.1) is 0 Å². The van der Waals surface area contributed by atoms with Crippen LogP contribution >= 0.6 is 15.9 Å². The zero-order valence-corrected chi connectivity index (χ0v) is 13.6. The highest BCUT2D eigenvalue weighted by Gasteiger charge is 2.40. The number of halogens is 1. The van der Waals surface area contributed by atoms with Gasteiger partial charge >= 0.3 is 6.09 Å². The first-order chi connectivity index (χ1) is 9.25. The summed E-state index contributed by atoms with van der Waals surface area (Å²) in [5.74, 6) is 0. The smallest absolute Gasteiger partial charge is 0.408 e. The van der Waals surface area contributed by atoms with Gasteiger partial charge in [-0.3, -0.25) is 0 Å². The zero-order chi connectivity index (χ0) is 15.0. The number of amides is 1. The van der Waals surface area contributed by atoms with Crippen LogP contribution in [0.5, 0.6) is 0 Å². The molecule has 0 saturated carbocycles. The number of hydrogen-bond donors (Lipinski definition) is 2.